The maximum absolute atomic E-state index is 12.5. The van der Waals surface area contributed by atoms with Crippen LogP contribution >= 0.6 is 0 Å². The molecular formula is C23H22N6O3. The molecule has 32 heavy (non-hydrogen) atoms. The van der Waals surface area contributed by atoms with Gasteiger partial charge in [-0.25, -0.2) is 9.97 Å². The van der Waals surface area contributed by atoms with E-state index in [0.717, 1.165) is 28.2 Å². The zero-order chi connectivity index (χ0) is 22.1. The van der Waals surface area contributed by atoms with Crippen molar-refractivity contribution in [3.8, 4) is 22.6 Å². The van der Waals surface area contributed by atoms with Crippen LogP contribution in [0.15, 0.2) is 57.9 Å². The Morgan fingerprint density at radius 1 is 1.03 bits per heavy atom. The molecule has 0 bridgehead atoms. The van der Waals surface area contributed by atoms with E-state index in [1.165, 1.54) is 6.26 Å². The zero-order valence-electron chi connectivity index (χ0n) is 17.9. The Bertz CT molecular complexity index is 1240. The first kappa shape index (κ1) is 19.9. The van der Waals surface area contributed by atoms with Crippen LogP contribution in [0.5, 0.6) is 0 Å². The van der Waals surface area contributed by atoms with Crippen LogP contribution < -0.4 is 4.90 Å². The van der Waals surface area contributed by atoms with Crippen LogP contribution in [0.2, 0.25) is 0 Å². The fraction of sp³-hybridized carbons (Fsp3) is 0.261. The number of piperazine rings is 1. The van der Waals surface area contributed by atoms with Gasteiger partial charge in [-0.3, -0.25) is 9.78 Å². The molecule has 5 rings (SSSR count). The Hall–Kier alpha value is -4.01. The quantitative estimate of drug-likeness (QED) is 0.486. The number of pyridine rings is 1. The molecule has 1 amide bonds. The lowest BCUT2D eigenvalue weighted by Gasteiger charge is -2.34. The van der Waals surface area contributed by atoms with Crippen LogP contribution in [0.25, 0.3) is 22.6 Å². The van der Waals surface area contributed by atoms with Crippen molar-refractivity contribution >= 4 is 11.9 Å². The molecule has 0 aliphatic carbocycles. The van der Waals surface area contributed by atoms with Crippen molar-refractivity contribution in [2.24, 2.45) is 0 Å². The van der Waals surface area contributed by atoms with Gasteiger partial charge in [-0.05, 0) is 38.1 Å². The van der Waals surface area contributed by atoms with Gasteiger partial charge in [-0.15, -0.1) is 0 Å². The summed E-state index contributed by atoms with van der Waals surface area (Å²) in [5, 5.41) is 4.01. The summed E-state index contributed by atoms with van der Waals surface area (Å²) in [5.74, 6) is 1.48. The average molecular weight is 430 g/mol. The summed E-state index contributed by atoms with van der Waals surface area (Å²) in [7, 11) is 0. The van der Waals surface area contributed by atoms with E-state index in [4.69, 9.17) is 13.9 Å². The molecule has 9 nitrogen and oxygen atoms in total. The second-order valence-corrected chi connectivity index (χ2v) is 7.66. The van der Waals surface area contributed by atoms with Gasteiger partial charge < -0.3 is 18.7 Å². The topological polar surface area (TPSA) is 101 Å². The lowest BCUT2D eigenvalue weighted by molar-refractivity contribution is 0.0714. The van der Waals surface area contributed by atoms with Crippen LogP contribution in [0.3, 0.4) is 0 Å². The van der Waals surface area contributed by atoms with Crippen molar-refractivity contribution in [1.29, 1.82) is 0 Å². The monoisotopic (exact) mass is 430 g/mol. The Morgan fingerprint density at radius 3 is 2.56 bits per heavy atom. The largest absolute Gasteiger partial charge is 0.459 e. The van der Waals surface area contributed by atoms with Crippen molar-refractivity contribution in [2.75, 3.05) is 31.1 Å². The Labute approximate surface area is 184 Å². The minimum atomic E-state index is -0.0988. The molecule has 0 atom stereocenters. The number of amides is 1. The number of furan rings is 1. The number of carbonyl (C=O) groups is 1. The van der Waals surface area contributed by atoms with Crippen molar-refractivity contribution in [2.45, 2.75) is 13.8 Å². The van der Waals surface area contributed by atoms with E-state index in [-0.39, 0.29) is 5.91 Å². The molecule has 1 fully saturated rings. The number of nitrogens with zero attached hydrogens (tertiary/aromatic N) is 6. The van der Waals surface area contributed by atoms with E-state index in [2.05, 4.69) is 20.0 Å². The number of aromatic nitrogens is 4. The number of aryl methyl sites for hydroxylation is 2. The molecule has 0 aromatic carbocycles. The van der Waals surface area contributed by atoms with E-state index in [0.29, 0.717) is 43.6 Å². The van der Waals surface area contributed by atoms with Crippen LogP contribution in [-0.2, 0) is 0 Å². The molecule has 1 aliphatic rings. The van der Waals surface area contributed by atoms with Crippen molar-refractivity contribution in [1.82, 2.24) is 25.0 Å². The second-order valence-electron chi connectivity index (χ2n) is 7.66. The van der Waals surface area contributed by atoms with E-state index in [1.807, 2.05) is 32.0 Å². The highest BCUT2D eigenvalue weighted by atomic mass is 16.5. The summed E-state index contributed by atoms with van der Waals surface area (Å²) >= 11 is 0. The minimum absolute atomic E-state index is 0.0988. The van der Waals surface area contributed by atoms with E-state index >= 15 is 0 Å². The number of hydrogen-bond donors (Lipinski definition) is 0. The SMILES string of the molecule is Cc1cc(-c2cnc(N3CCN(C(=O)c4ccco4)CC3)nc2-c2cccnc2C)on1. The van der Waals surface area contributed by atoms with Gasteiger partial charge in [0.05, 0.1) is 23.2 Å². The molecule has 162 valence electrons. The van der Waals surface area contributed by atoms with Gasteiger partial charge in [0.15, 0.2) is 11.5 Å². The summed E-state index contributed by atoms with van der Waals surface area (Å²) in [6.45, 7) is 6.20. The van der Waals surface area contributed by atoms with Gasteiger partial charge in [-0.1, -0.05) is 5.16 Å². The van der Waals surface area contributed by atoms with Crippen LogP contribution in [0, 0.1) is 13.8 Å². The summed E-state index contributed by atoms with van der Waals surface area (Å²) < 4.78 is 10.7. The number of rotatable bonds is 4. The third kappa shape index (κ3) is 3.73. The fourth-order valence-corrected chi connectivity index (χ4v) is 3.80. The molecule has 5 heterocycles. The van der Waals surface area contributed by atoms with Crippen molar-refractivity contribution < 1.29 is 13.7 Å². The molecule has 0 spiro atoms. The molecule has 0 saturated carbocycles. The average Bonchev–Trinajstić information content (AvgIpc) is 3.51. The number of carbonyl (C=O) groups excluding carboxylic acids is 1. The molecule has 1 aliphatic heterocycles. The smallest absolute Gasteiger partial charge is 0.289 e. The molecule has 9 heteroatoms. The van der Waals surface area contributed by atoms with Gasteiger partial charge in [0.2, 0.25) is 5.95 Å². The van der Waals surface area contributed by atoms with Crippen LogP contribution in [-0.4, -0.2) is 57.1 Å². The van der Waals surface area contributed by atoms with Crippen molar-refractivity contribution in [3.63, 3.8) is 0 Å². The summed E-state index contributed by atoms with van der Waals surface area (Å²) in [4.78, 5) is 30.3. The molecule has 0 N–H and O–H groups in total. The summed E-state index contributed by atoms with van der Waals surface area (Å²) in [5.41, 5.74) is 4.06. The highest BCUT2D eigenvalue weighted by Crippen LogP contribution is 2.33. The second kappa shape index (κ2) is 8.26. The van der Waals surface area contributed by atoms with E-state index < -0.39 is 0 Å². The fourth-order valence-electron chi connectivity index (χ4n) is 3.80. The lowest BCUT2D eigenvalue weighted by atomic mass is 10.0. The molecule has 4 aromatic heterocycles. The van der Waals surface area contributed by atoms with E-state index in [9.17, 15) is 4.79 Å². The third-order valence-electron chi connectivity index (χ3n) is 5.51. The predicted octanol–water partition coefficient (Wildman–Crippen LogP) is 3.37. The Kier molecular flexibility index (Phi) is 5.14. The molecular weight excluding hydrogens is 408 g/mol. The Morgan fingerprint density at radius 2 is 1.88 bits per heavy atom. The summed E-state index contributed by atoms with van der Waals surface area (Å²) in [6.07, 6.45) is 5.04. The predicted molar refractivity (Wildman–Crippen MR) is 117 cm³/mol. The molecule has 0 unspecified atom stereocenters. The van der Waals surface area contributed by atoms with Gasteiger partial charge in [0.25, 0.3) is 5.91 Å². The van der Waals surface area contributed by atoms with Gasteiger partial charge in [-0.2, -0.15) is 0 Å². The third-order valence-corrected chi connectivity index (χ3v) is 5.51. The maximum Gasteiger partial charge on any atom is 0.289 e. The molecule has 4 aromatic rings. The summed E-state index contributed by atoms with van der Waals surface area (Å²) in [6, 6.07) is 9.15. The number of hydrogen-bond acceptors (Lipinski definition) is 8. The molecule has 0 radical (unpaired) electrons. The van der Waals surface area contributed by atoms with Gasteiger partial charge in [0, 0.05) is 55.9 Å². The standard InChI is InChI=1S/C23H22N6O3/c1-15-13-20(32-27-15)18-14-25-23(26-21(18)17-5-3-7-24-16(17)2)29-10-8-28(9-11-29)22(30)19-6-4-12-31-19/h3-7,12-14H,8-11H2,1-2H3. The highest BCUT2D eigenvalue weighted by molar-refractivity contribution is 5.91. The van der Waals surface area contributed by atoms with E-state index in [1.54, 1.807) is 29.4 Å². The van der Waals surface area contributed by atoms with Gasteiger partial charge >= 0.3 is 0 Å². The number of anilines is 1. The van der Waals surface area contributed by atoms with Crippen LogP contribution in [0.1, 0.15) is 21.9 Å². The van der Waals surface area contributed by atoms with Crippen molar-refractivity contribution in [3.05, 3.63) is 66.1 Å². The first-order chi connectivity index (χ1) is 15.6. The van der Waals surface area contributed by atoms with Crippen LogP contribution in [0.4, 0.5) is 5.95 Å². The minimum Gasteiger partial charge on any atom is -0.459 e. The lowest BCUT2D eigenvalue weighted by Crippen LogP contribution is -2.49. The van der Waals surface area contributed by atoms with Gasteiger partial charge in [0.1, 0.15) is 0 Å². The zero-order valence-corrected chi connectivity index (χ0v) is 17.9. The first-order valence-corrected chi connectivity index (χ1v) is 10.4. The Balaban J connectivity index is 1.44. The highest BCUT2D eigenvalue weighted by Gasteiger charge is 2.26. The first-order valence-electron chi connectivity index (χ1n) is 10.4. The maximum atomic E-state index is 12.5. The molecule has 1 saturated heterocycles. The normalized spacial score (nSPS) is 14.1.